The van der Waals surface area contributed by atoms with E-state index in [1.165, 1.54) is 0 Å². The van der Waals surface area contributed by atoms with Crippen molar-refractivity contribution in [3.05, 3.63) is 29.8 Å². The number of phenolic OH excluding ortho intramolecular Hbond substituents is 1. The summed E-state index contributed by atoms with van der Waals surface area (Å²) in [6.07, 6.45) is 4.69. The van der Waals surface area contributed by atoms with E-state index in [9.17, 15) is 5.11 Å². The molecule has 3 N–H and O–H groups in total. The highest BCUT2D eigenvalue weighted by Crippen LogP contribution is 2.21. The predicted octanol–water partition coefficient (Wildman–Crippen LogP) is 2.62. The van der Waals surface area contributed by atoms with Crippen LogP contribution in [-0.4, -0.2) is 11.0 Å². The molecule has 0 bridgehead atoms. The molecule has 0 atom stereocenters. The van der Waals surface area contributed by atoms with Crippen molar-refractivity contribution in [2.24, 2.45) is 0 Å². The topological polar surface area (TPSA) is 46.2 Å². The highest BCUT2D eigenvalue weighted by Gasteiger charge is 1.95. The number of aromatic hydroxyl groups is 1. The Morgan fingerprint density at radius 3 is 2.85 bits per heavy atom. The van der Waals surface area contributed by atoms with E-state index in [2.05, 4.69) is 0 Å². The Morgan fingerprint density at radius 2 is 2.23 bits per heavy atom. The highest BCUT2D eigenvalue weighted by molar-refractivity contribution is 6.17. The summed E-state index contributed by atoms with van der Waals surface area (Å²) in [6, 6.07) is 5.15. The molecule has 1 aromatic rings. The first-order valence-corrected chi connectivity index (χ1v) is 4.58. The van der Waals surface area contributed by atoms with E-state index in [4.69, 9.17) is 17.3 Å². The number of nitrogens with two attached hydrogens (primary N) is 1. The Kier molecular flexibility index (Phi) is 3.65. The van der Waals surface area contributed by atoms with E-state index in [0.717, 1.165) is 12.0 Å². The minimum Gasteiger partial charge on any atom is -0.506 e. The van der Waals surface area contributed by atoms with E-state index >= 15 is 0 Å². The lowest BCUT2D eigenvalue weighted by atomic mass is 10.1. The van der Waals surface area contributed by atoms with Crippen LogP contribution in [0.15, 0.2) is 24.3 Å². The first-order chi connectivity index (χ1) is 6.24. The van der Waals surface area contributed by atoms with Crippen LogP contribution in [0.3, 0.4) is 0 Å². The smallest absolute Gasteiger partial charge is 0.139 e. The van der Waals surface area contributed by atoms with Crippen LogP contribution in [0.5, 0.6) is 5.75 Å². The molecule has 0 saturated heterocycles. The first kappa shape index (κ1) is 9.93. The Balaban J connectivity index is 2.73. The molecule has 13 heavy (non-hydrogen) atoms. The van der Waals surface area contributed by atoms with Crippen LogP contribution in [-0.2, 0) is 0 Å². The fourth-order valence-electron chi connectivity index (χ4n) is 0.947. The second kappa shape index (κ2) is 4.77. The number of anilines is 1. The van der Waals surface area contributed by atoms with Crippen molar-refractivity contribution in [1.29, 1.82) is 0 Å². The molecule has 0 aromatic heterocycles. The maximum atomic E-state index is 9.27. The van der Waals surface area contributed by atoms with Crippen LogP contribution in [0.2, 0.25) is 0 Å². The molecule has 0 amide bonds. The lowest BCUT2D eigenvalue weighted by molar-refractivity contribution is 0.478. The van der Waals surface area contributed by atoms with Gasteiger partial charge in [0.15, 0.2) is 0 Å². The number of rotatable bonds is 3. The molecule has 0 unspecified atom stereocenters. The average molecular weight is 198 g/mol. The number of hydrogen-bond donors (Lipinski definition) is 2. The standard InChI is InChI=1S/C10H12ClNO/c11-6-2-1-3-8-4-5-9(12)10(13)7-8/h1,3-5,7,13H,2,6,12H2. The summed E-state index contributed by atoms with van der Waals surface area (Å²) < 4.78 is 0. The van der Waals surface area contributed by atoms with Gasteiger partial charge in [0.05, 0.1) is 5.69 Å². The average Bonchev–Trinajstić information content (AvgIpc) is 2.12. The van der Waals surface area contributed by atoms with Gasteiger partial charge in [-0.05, 0) is 24.1 Å². The number of halogens is 1. The maximum Gasteiger partial charge on any atom is 0.139 e. The molecule has 0 saturated carbocycles. The first-order valence-electron chi connectivity index (χ1n) is 4.05. The summed E-state index contributed by atoms with van der Waals surface area (Å²) >= 11 is 5.50. The molecule has 2 nitrogen and oxygen atoms in total. The minimum absolute atomic E-state index is 0.119. The zero-order valence-electron chi connectivity index (χ0n) is 7.20. The molecule has 1 aromatic carbocycles. The van der Waals surface area contributed by atoms with Crippen molar-refractivity contribution >= 4 is 23.4 Å². The van der Waals surface area contributed by atoms with Gasteiger partial charge in [-0.1, -0.05) is 18.2 Å². The number of phenols is 1. The van der Waals surface area contributed by atoms with E-state index in [1.807, 2.05) is 18.2 Å². The van der Waals surface area contributed by atoms with Crippen LogP contribution in [0.4, 0.5) is 5.69 Å². The molecule has 0 spiro atoms. The van der Waals surface area contributed by atoms with Crippen LogP contribution in [0, 0.1) is 0 Å². The molecule has 0 aliphatic rings. The Morgan fingerprint density at radius 1 is 1.46 bits per heavy atom. The van der Waals surface area contributed by atoms with Crippen LogP contribution < -0.4 is 5.73 Å². The van der Waals surface area contributed by atoms with Crippen LogP contribution in [0.25, 0.3) is 6.08 Å². The molecule has 0 fully saturated rings. The van der Waals surface area contributed by atoms with Gasteiger partial charge in [-0.3, -0.25) is 0 Å². The summed E-state index contributed by atoms with van der Waals surface area (Å²) in [4.78, 5) is 0. The molecule has 3 heteroatoms. The number of nitrogen functional groups attached to an aromatic ring is 1. The third kappa shape index (κ3) is 2.99. The second-order valence-corrected chi connectivity index (χ2v) is 3.08. The number of allylic oxidation sites excluding steroid dienone is 1. The molecule has 1 rings (SSSR count). The normalized spacial score (nSPS) is 10.8. The van der Waals surface area contributed by atoms with Gasteiger partial charge in [-0.15, -0.1) is 11.6 Å². The lowest BCUT2D eigenvalue weighted by Gasteiger charge is -1.98. The van der Waals surface area contributed by atoms with E-state index < -0.39 is 0 Å². The van der Waals surface area contributed by atoms with Crippen molar-refractivity contribution in [3.8, 4) is 5.75 Å². The van der Waals surface area contributed by atoms with Gasteiger partial charge in [0.1, 0.15) is 5.75 Å². The predicted molar refractivity (Wildman–Crippen MR) is 56.9 cm³/mol. The lowest BCUT2D eigenvalue weighted by Crippen LogP contribution is -1.85. The zero-order chi connectivity index (χ0) is 9.68. The molecule has 70 valence electrons. The van der Waals surface area contributed by atoms with Crippen molar-refractivity contribution in [1.82, 2.24) is 0 Å². The van der Waals surface area contributed by atoms with Gasteiger partial charge in [0, 0.05) is 5.88 Å². The third-order valence-electron chi connectivity index (χ3n) is 1.64. The van der Waals surface area contributed by atoms with Crippen LogP contribution >= 0.6 is 11.6 Å². The maximum absolute atomic E-state index is 9.27. The SMILES string of the molecule is Nc1ccc(C=CCCCl)cc1O. The number of benzene rings is 1. The summed E-state index contributed by atoms with van der Waals surface area (Å²) in [6.45, 7) is 0. The number of alkyl halides is 1. The van der Waals surface area contributed by atoms with Gasteiger partial charge in [-0.2, -0.15) is 0 Å². The van der Waals surface area contributed by atoms with Crippen molar-refractivity contribution in [2.45, 2.75) is 6.42 Å². The third-order valence-corrected chi connectivity index (χ3v) is 1.86. The fraction of sp³-hybridized carbons (Fsp3) is 0.200. The zero-order valence-corrected chi connectivity index (χ0v) is 7.96. The summed E-state index contributed by atoms with van der Waals surface area (Å²) in [5, 5.41) is 9.27. The van der Waals surface area contributed by atoms with Crippen molar-refractivity contribution < 1.29 is 5.11 Å². The Hall–Kier alpha value is -1.15. The van der Waals surface area contributed by atoms with Gasteiger partial charge >= 0.3 is 0 Å². The molecule has 0 aliphatic carbocycles. The van der Waals surface area contributed by atoms with E-state index in [0.29, 0.717) is 11.6 Å². The molecule has 0 radical (unpaired) electrons. The summed E-state index contributed by atoms with van der Waals surface area (Å²) in [7, 11) is 0. The highest BCUT2D eigenvalue weighted by atomic mass is 35.5. The fourth-order valence-corrected chi connectivity index (χ4v) is 1.07. The van der Waals surface area contributed by atoms with Gasteiger partial charge in [-0.25, -0.2) is 0 Å². The van der Waals surface area contributed by atoms with Crippen molar-refractivity contribution in [3.63, 3.8) is 0 Å². The number of hydrogen-bond acceptors (Lipinski definition) is 2. The van der Waals surface area contributed by atoms with Gasteiger partial charge < -0.3 is 10.8 Å². The second-order valence-electron chi connectivity index (χ2n) is 2.70. The van der Waals surface area contributed by atoms with E-state index in [1.54, 1.807) is 12.1 Å². The van der Waals surface area contributed by atoms with Crippen LogP contribution in [0.1, 0.15) is 12.0 Å². The molecular weight excluding hydrogens is 186 g/mol. The van der Waals surface area contributed by atoms with E-state index in [-0.39, 0.29) is 5.75 Å². The monoisotopic (exact) mass is 197 g/mol. The van der Waals surface area contributed by atoms with Gasteiger partial charge in [0.25, 0.3) is 0 Å². The molecule has 0 heterocycles. The molecule has 0 aliphatic heterocycles. The Bertz CT molecular complexity index is 310. The largest absolute Gasteiger partial charge is 0.506 e. The quantitative estimate of drug-likeness (QED) is 0.445. The van der Waals surface area contributed by atoms with Gasteiger partial charge in [0.2, 0.25) is 0 Å². The summed E-state index contributed by atoms with van der Waals surface area (Å²) in [5.41, 5.74) is 6.77. The summed E-state index contributed by atoms with van der Waals surface area (Å²) in [5.74, 6) is 0.727. The van der Waals surface area contributed by atoms with Crippen molar-refractivity contribution in [2.75, 3.05) is 11.6 Å². The Labute approximate surface area is 82.6 Å². The molecular formula is C10H12ClNO. The minimum atomic E-state index is 0.119.